The molecule has 3 rings (SSSR count). The normalized spacial score (nSPS) is 11.0. The number of fused-ring (bicyclic) bond motifs is 1. The van der Waals surface area contributed by atoms with Crippen molar-refractivity contribution >= 4 is 34.6 Å². The monoisotopic (exact) mass is 372 g/mol. The summed E-state index contributed by atoms with van der Waals surface area (Å²) >= 11 is 6.30. The number of nitrogens with two attached hydrogens (primary N) is 1. The molecule has 0 saturated carbocycles. The lowest BCUT2D eigenvalue weighted by molar-refractivity contribution is -0.648. The van der Waals surface area contributed by atoms with E-state index in [1.165, 1.54) is 0 Å². The number of benzene rings is 2. The molecule has 0 fully saturated rings. The van der Waals surface area contributed by atoms with E-state index in [9.17, 15) is 4.79 Å². The van der Waals surface area contributed by atoms with Crippen molar-refractivity contribution in [1.82, 2.24) is 4.57 Å². The first-order valence-corrected chi connectivity index (χ1v) is 9.15. The molecule has 0 bridgehead atoms. The smallest absolute Gasteiger partial charge is 0.356 e. The average molecular weight is 373 g/mol. The van der Waals surface area contributed by atoms with Crippen molar-refractivity contribution in [2.75, 3.05) is 12.3 Å². The third-order valence-corrected chi connectivity index (χ3v) is 4.72. The molecular formula is C20H23ClN3O2+. The second-order valence-electron chi connectivity index (χ2n) is 6.18. The van der Waals surface area contributed by atoms with Crippen LogP contribution < -0.4 is 10.3 Å². The lowest BCUT2D eigenvalue weighted by Gasteiger charge is -2.05. The number of para-hydroxylation sites is 2. The summed E-state index contributed by atoms with van der Waals surface area (Å²) in [4.78, 5) is 12.2. The molecule has 0 spiro atoms. The van der Waals surface area contributed by atoms with Crippen LogP contribution in [0.3, 0.4) is 0 Å². The summed E-state index contributed by atoms with van der Waals surface area (Å²) in [5, 5.41) is 0.690. The van der Waals surface area contributed by atoms with Crippen LogP contribution >= 0.6 is 11.6 Å². The van der Waals surface area contributed by atoms with Crippen LogP contribution in [0.25, 0.3) is 11.0 Å². The van der Waals surface area contributed by atoms with Crippen molar-refractivity contribution in [1.29, 1.82) is 0 Å². The van der Waals surface area contributed by atoms with E-state index in [4.69, 9.17) is 22.1 Å². The van der Waals surface area contributed by atoms with E-state index in [0.717, 1.165) is 29.4 Å². The fourth-order valence-electron chi connectivity index (χ4n) is 2.95. The van der Waals surface area contributed by atoms with Crippen molar-refractivity contribution in [3.8, 4) is 0 Å². The van der Waals surface area contributed by atoms with Gasteiger partial charge in [0, 0.05) is 10.6 Å². The van der Waals surface area contributed by atoms with Crippen LogP contribution in [0, 0.1) is 0 Å². The lowest BCUT2D eigenvalue weighted by Crippen LogP contribution is -2.37. The lowest BCUT2D eigenvalue weighted by atomic mass is 10.2. The number of nitrogens with zero attached hydrogens (tertiary/aromatic N) is 2. The summed E-state index contributed by atoms with van der Waals surface area (Å²) in [5.41, 5.74) is 9.21. The first kappa shape index (κ1) is 18.3. The number of esters is 1. The fraction of sp³-hybridized carbons (Fsp3) is 0.300. The molecule has 6 heteroatoms. The molecule has 0 unspecified atom stereocenters. The highest BCUT2D eigenvalue weighted by molar-refractivity contribution is 6.31. The van der Waals surface area contributed by atoms with Gasteiger partial charge in [0.05, 0.1) is 13.2 Å². The maximum Gasteiger partial charge on any atom is 0.356 e. The number of rotatable bonds is 7. The molecule has 0 radical (unpaired) electrons. The van der Waals surface area contributed by atoms with Crippen LogP contribution in [0.5, 0.6) is 0 Å². The van der Waals surface area contributed by atoms with Gasteiger partial charge in [-0.05, 0) is 24.6 Å². The molecule has 0 atom stereocenters. The Kier molecular flexibility index (Phi) is 5.78. The van der Waals surface area contributed by atoms with Gasteiger partial charge in [-0.2, -0.15) is 0 Å². The van der Waals surface area contributed by atoms with E-state index in [1.54, 1.807) is 4.57 Å². The number of nitrogen functional groups attached to an aromatic ring is 1. The van der Waals surface area contributed by atoms with E-state index in [-0.39, 0.29) is 12.5 Å². The Morgan fingerprint density at radius 1 is 1.19 bits per heavy atom. The van der Waals surface area contributed by atoms with Gasteiger partial charge in [0.15, 0.2) is 6.54 Å². The number of hydrogen-bond donors (Lipinski definition) is 1. The summed E-state index contributed by atoms with van der Waals surface area (Å²) < 4.78 is 9.05. The van der Waals surface area contributed by atoms with Gasteiger partial charge < -0.3 is 4.74 Å². The molecule has 136 valence electrons. The van der Waals surface area contributed by atoms with E-state index in [2.05, 4.69) is 6.92 Å². The van der Waals surface area contributed by atoms with Crippen molar-refractivity contribution < 1.29 is 14.1 Å². The van der Waals surface area contributed by atoms with Gasteiger partial charge in [-0.1, -0.05) is 55.3 Å². The average Bonchev–Trinajstić information content (AvgIpc) is 2.90. The molecule has 1 aromatic heterocycles. The quantitative estimate of drug-likeness (QED) is 0.392. The van der Waals surface area contributed by atoms with Gasteiger partial charge in [0.25, 0.3) is 0 Å². The van der Waals surface area contributed by atoms with Gasteiger partial charge >= 0.3 is 11.9 Å². The molecular weight excluding hydrogens is 350 g/mol. The van der Waals surface area contributed by atoms with Crippen LogP contribution in [-0.2, 0) is 22.6 Å². The Balaban J connectivity index is 1.94. The van der Waals surface area contributed by atoms with E-state index in [1.807, 2.05) is 53.1 Å². The number of halogens is 1. The molecule has 26 heavy (non-hydrogen) atoms. The summed E-state index contributed by atoms with van der Waals surface area (Å²) in [7, 11) is 0. The molecule has 5 nitrogen and oxygen atoms in total. The third-order valence-electron chi connectivity index (χ3n) is 4.35. The second kappa shape index (κ2) is 8.23. The van der Waals surface area contributed by atoms with Crippen LogP contribution in [-0.4, -0.2) is 17.1 Å². The molecule has 3 aromatic rings. The maximum absolute atomic E-state index is 12.2. The molecule has 0 aliphatic carbocycles. The number of imidazole rings is 1. The van der Waals surface area contributed by atoms with Gasteiger partial charge in [-0.15, -0.1) is 0 Å². The molecule has 0 amide bonds. The molecule has 2 N–H and O–H groups in total. The molecule has 0 aliphatic rings. The van der Waals surface area contributed by atoms with Crippen LogP contribution in [0.4, 0.5) is 5.95 Å². The van der Waals surface area contributed by atoms with Crippen molar-refractivity contribution in [3.63, 3.8) is 0 Å². The number of unbranched alkanes of at least 4 members (excludes halogenated alkanes) is 1. The van der Waals surface area contributed by atoms with Gasteiger partial charge in [0.1, 0.15) is 11.0 Å². The summed E-state index contributed by atoms with van der Waals surface area (Å²) in [6.45, 7) is 3.12. The number of aromatic nitrogens is 2. The Hall–Kier alpha value is -2.53. The Labute approximate surface area is 157 Å². The summed E-state index contributed by atoms with van der Waals surface area (Å²) in [5.74, 6) is 0.217. The highest BCUT2D eigenvalue weighted by Gasteiger charge is 2.23. The minimum absolute atomic E-state index is 0.0889. The fourth-order valence-corrected chi connectivity index (χ4v) is 3.14. The zero-order chi connectivity index (χ0) is 18.5. The highest BCUT2D eigenvalue weighted by atomic mass is 35.5. The second-order valence-corrected chi connectivity index (χ2v) is 6.59. The first-order chi connectivity index (χ1) is 12.6. The minimum Gasteiger partial charge on any atom is -0.463 e. The molecule has 0 aliphatic heterocycles. The van der Waals surface area contributed by atoms with Crippen LogP contribution in [0.15, 0.2) is 48.5 Å². The molecule has 1 heterocycles. The van der Waals surface area contributed by atoms with Crippen molar-refractivity contribution in [2.45, 2.75) is 32.9 Å². The van der Waals surface area contributed by atoms with Crippen molar-refractivity contribution in [3.05, 3.63) is 59.1 Å². The Morgan fingerprint density at radius 2 is 1.92 bits per heavy atom. The molecule has 2 aromatic carbocycles. The number of carbonyl (C=O) groups excluding carboxylic acids is 1. The Morgan fingerprint density at radius 3 is 2.69 bits per heavy atom. The van der Waals surface area contributed by atoms with Crippen molar-refractivity contribution in [2.24, 2.45) is 0 Å². The minimum atomic E-state index is -0.282. The Bertz CT molecular complexity index is 921. The number of ether oxygens (including phenoxy) is 1. The molecule has 0 saturated heterocycles. The van der Waals surface area contributed by atoms with Gasteiger partial charge in [-0.25, -0.2) is 13.9 Å². The largest absolute Gasteiger partial charge is 0.463 e. The zero-order valence-corrected chi connectivity index (χ0v) is 15.6. The predicted octanol–water partition coefficient (Wildman–Crippen LogP) is 3.56. The first-order valence-electron chi connectivity index (χ1n) is 8.77. The third kappa shape index (κ3) is 3.83. The van der Waals surface area contributed by atoms with Gasteiger partial charge in [0.2, 0.25) is 0 Å². The summed E-state index contributed by atoms with van der Waals surface area (Å²) in [6.07, 6.45) is 1.85. The van der Waals surface area contributed by atoms with E-state index in [0.29, 0.717) is 24.1 Å². The number of hydrogen-bond acceptors (Lipinski definition) is 3. The SMILES string of the molecule is CCCCOC(=O)Cn1c(N)[n+](Cc2ccccc2Cl)c2ccccc21. The van der Waals surface area contributed by atoms with Crippen LogP contribution in [0.1, 0.15) is 25.3 Å². The number of anilines is 1. The highest BCUT2D eigenvalue weighted by Crippen LogP contribution is 2.20. The van der Waals surface area contributed by atoms with E-state index < -0.39 is 0 Å². The topological polar surface area (TPSA) is 61.1 Å². The maximum atomic E-state index is 12.2. The summed E-state index contributed by atoms with van der Waals surface area (Å²) in [6, 6.07) is 15.5. The number of carbonyl (C=O) groups is 1. The van der Waals surface area contributed by atoms with Crippen LogP contribution in [0.2, 0.25) is 5.02 Å². The standard InChI is InChI=1S/C20H22ClN3O2/c1-2-3-12-26-19(25)14-24-18-11-7-6-10-17(18)23(20(24)22)13-15-8-4-5-9-16(15)21/h4-11,22H,2-3,12-14H2,1H3/p+1. The predicted molar refractivity (Wildman–Crippen MR) is 103 cm³/mol. The van der Waals surface area contributed by atoms with E-state index >= 15 is 0 Å². The van der Waals surface area contributed by atoms with Gasteiger partial charge in [-0.3, -0.25) is 5.73 Å². The zero-order valence-electron chi connectivity index (χ0n) is 14.8.